The van der Waals surface area contributed by atoms with Crippen LogP contribution < -0.4 is 5.32 Å². The Kier molecular flexibility index (Phi) is 4.21. The molecule has 3 heteroatoms. The summed E-state index contributed by atoms with van der Waals surface area (Å²) in [6, 6.07) is 7.59. The van der Waals surface area contributed by atoms with Crippen molar-refractivity contribution in [1.29, 1.82) is 0 Å². The third-order valence-electron chi connectivity index (χ3n) is 3.05. The van der Waals surface area contributed by atoms with E-state index in [9.17, 15) is 4.79 Å². The van der Waals surface area contributed by atoms with Crippen LogP contribution in [0.3, 0.4) is 0 Å². The fourth-order valence-corrected chi connectivity index (χ4v) is 2.20. The molecule has 1 aromatic rings. The van der Waals surface area contributed by atoms with E-state index >= 15 is 0 Å². The van der Waals surface area contributed by atoms with Gasteiger partial charge in [-0.3, -0.25) is 4.79 Å². The zero-order valence-corrected chi connectivity index (χ0v) is 10.4. The number of allylic oxidation sites excluding steroid dienone is 2. The lowest BCUT2D eigenvalue weighted by molar-refractivity contribution is -0.125. The highest BCUT2D eigenvalue weighted by atomic mass is 35.5. The minimum Gasteiger partial charge on any atom is -0.352 e. The Labute approximate surface area is 107 Å². The van der Waals surface area contributed by atoms with Crippen LogP contribution in [0.1, 0.15) is 24.8 Å². The van der Waals surface area contributed by atoms with Gasteiger partial charge in [-0.25, -0.2) is 0 Å². The van der Waals surface area contributed by atoms with E-state index in [2.05, 4.69) is 17.5 Å². The Morgan fingerprint density at radius 3 is 2.88 bits per heavy atom. The SMILES string of the molecule is O=C(NCc1ccccc1Cl)[C@H]1CC=CCC1. The second-order valence-corrected chi connectivity index (χ2v) is 4.70. The van der Waals surface area contributed by atoms with Crippen LogP contribution in [0, 0.1) is 5.92 Å². The Hall–Kier alpha value is -1.28. The number of hydrogen-bond acceptors (Lipinski definition) is 1. The first-order valence-corrected chi connectivity index (χ1v) is 6.31. The zero-order chi connectivity index (χ0) is 12.1. The van der Waals surface area contributed by atoms with Crippen LogP contribution in [0.15, 0.2) is 36.4 Å². The quantitative estimate of drug-likeness (QED) is 0.819. The van der Waals surface area contributed by atoms with Crippen LogP contribution in [0.4, 0.5) is 0 Å². The Morgan fingerprint density at radius 2 is 2.18 bits per heavy atom. The molecule has 0 bridgehead atoms. The second-order valence-electron chi connectivity index (χ2n) is 4.29. The van der Waals surface area contributed by atoms with Crippen LogP contribution >= 0.6 is 11.6 Å². The number of rotatable bonds is 3. The topological polar surface area (TPSA) is 29.1 Å². The van der Waals surface area contributed by atoms with Gasteiger partial charge in [-0.05, 0) is 30.9 Å². The molecule has 2 nitrogen and oxygen atoms in total. The number of benzene rings is 1. The standard InChI is InChI=1S/C14H16ClNO/c15-13-9-5-4-8-12(13)10-16-14(17)11-6-2-1-3-7-11/h1-2,4-5,8-9,11H,3,6-7,10H2,(H,16,17)/t11-/m0/s1. The van der Waals surface area contributed by atoms with Gasteiger partial charge in [0.2, 0.25) is 5.91 Å². The molecule has 0 aliphatic heterocycles. The molecule has 0 unspecified atom stereocenters. The molecule has 0 heterocycles. The van der Waals surface area contributed by atoms with Gasteiger partial charge < -0.3 is 5.32 Å². The van der Waals surface area contributed by atoms with E-state index in [0.29, 0.717) is 11.6 Å². The monoisotopic (exact) mass is 249 g/mol. The first-order valence-electron chi connectivity index (χ1n) is 5.93. The molecule has 1 aliphatic carbocycles. The van der Waals surface area contributed by atoms with E-state index in [-0.39, 0.29) is 11.8 Å². The molecule has 0 saturated heterocycles. The van der Waals surface area contributed by atoms with Gasteiger partial charge in [0.15, 0.2) is 0 Å². The van der Waals surface area contributed by atoms with Crippen LogP contribution in [0.25, 0.3) is 0 Å². The lowest BCUT2D eigenvalue weighted by Crippen LogP contribution is -2.30. The highest BCUT2D eigenvalue weighted by molar-refractivity contribution is 6.31. The van der Waals surface area contributed by atoms with Crippen molar-refractivity contribution in [3.8, 4) is 0 Å². The summed E-state index contributed by atoms with van der Waals surface area (Å²) in [5.41, 5.74) is 0.967. The van der Waals surface area contributed by atoms with Gasteiger partial charge in [-0.1, -0.05) is 42.0 Å². The molecule has 1 atom stereocenters. The van der Waals surface area contributed by atoms with Crippen LogP contribution in [0.5, 0.6) is 0 Å². The van der Waals surface area contributed by atoms with Gasteiger partial charge in [-0.15, -0.1) is 0 Å². The lowest BCUT2D eigenvalue weighted by Gasteiger charge is -2.17. The number of carbonyl (C=O) groups is 1. The lowest BCUT2D eigenvalue weighted by atomic mass is 9.93. The van der Waals surface area contributed by atoms with Gasteiger partial charge in [-0.2, -0.15) is 0 Å². The van der Waals surface area contributed by atoms with Gasteiger partial charge in [0, 0.05) is 17.5 Å². The van der Waals surface area contributed by atoms with E-state index in [1.165, 1.54) is 0 Å². The van der Waals surface area contributed by atoms with E-state index in [1.807, 2.05) is 24.3 Å². The highest BCUT2D eigenvalue weighted by Gasteiger charge is 2.18. The van der Waals surface area contributed by atoms with Gasteiger partial charge in [0.1, 0.15) is 0 Å². The maximum Gasteiger partial charge on any atom is 0.223 e. The third-order valence-corrected chi connectivity index (χ3v) is 3.42. The van der Waals surface area contributed by atoms with E-state index in [4.69, 9.17) is 11.6 Å². The van der Waals surface area contributed by atoms with Crippen molar-refractivity contribution in [1.82, 2.24) is 5.32 Å². The van der Waals surface area contributed by atoms with Crippen molar-refractivity contribution >= 4 is 17.5 Å². The van der Waals surface area contributed by atoms with E-state index in [1.54, 1.807) is 0 Å². The van der Waals surface area contributed by atoms with Crippen molar-refractivity contribution in [2.45, 2.75) is 25.8 Å². The molecule has 0 spiro atoms. The first kappa shape index (κ1) is 12.2. The number of hydrogen-bond donors (Lipinski definition) is 1. The molecular formula is C14H16ClNO. The van der Waals surface area contributed by atoms with Gasteiger partial charge >= 0.3 is 0 Å². The number of amides is 1. The van der Waals surface area contributed by atoms with Gasteiger partial charge in [0.05, 0.1) is 0 Å². The largest absolute Gasteiger partial charge is 0.352 e. The predicted octanol–water partition coefficient (Wildman–Crippen LogP) is 3.31. The van der Waals surface area contributed by atoms with Crippen LogP contribution in [-0.4, -0.2) is 5.91 Å². The first-order chi connectivity index (χ1) is 8.27. The summed E-state index contributed by atoms with van der Waals surface area (Å²) >= 11 is 6.03. The molecule has 1 amide bonds. The minimum atomic E-state index is 0.127. The minimum absolute atomic E-state index is 0.127. The van der Waals surface area contributed by atoms with Crippen molar-refractivity contribution in [3.63, 3.8) is 0 Å². The Balaban J connectivity index is 1.88. The molecule has 1 aromatic carbocycles. The molecule has 0 aromatic heterocycles. The van der Waals surface area contributed by atoms with Crippen LogP contribution in [-0.2, 0) is 11.3 Å². The molecule has 2 rings (SSSR count). The summed E-state index contributed by atoms with van der Waals surface area (Å²) in [6.07, 6.45) is 7.03. The zero-order valence-electron chi connectivity index (χ0n) is 9.66. The molecule has 1 N–H and O–H groups in total. The van der Waals surface area contributed by atoms with Crippen molar-refractivity contribution in [3.05, 3.63) is 47.0 Å². The third kappa shape index (κ3) is 3.34. The Bertz CT molecular complexity index is 428. The fourth-order valence-electron chi connectivity index (χ4n) is 2.00. The number of nitrogens with one attached hydrogen (secondary N) is 1. The maximum absolute atomic E-state index is 11.9. The van der Waals surface area contributed by atoms with Crippen molar-refractivity contribution < 1.29 is 4.79 Å². The van der Waals surface area contributed by atoms with Crippen LogP contribution in [0.2, 0.25) is 5.02 Å². The van der Waals surface area contributed by atoms with Crippen molar-refractivity contribution in [2.24, 2.45) is 5.92 Å². The van der Waals surface area contributed by atoms with Gasteiger partial charge in [0.25, 0.3) is 0 Å². The number of halogens is 1. The average Bonchev–Trinajstić information content (AvgIpc) is 2.38. The van der Waals surface area contributed by atoms with Crippen molar-refractivity contribution in [2.75, 3.05) is 0 Å². The summed E-state index contributed by atoms with van der Waals surface area (Å²) < 4.78 is 0. The summed E-state index contributed by atoms with van der Waals surface area (Å²) in [6.45, 7) is 0.513. The average molecular weight is 250 g/mol. The normalized spacial score (nSPS) is 19.0. The molecule has 17 heavy (non-hydrogen) atoms. The van der Waals surface area contributed by atoms with E-state index < -0.39 is 0 Å². The molecular weight excluding hydrogens is 234 g/mol. The molecule has 1 aliphatic rings. The molecule has 0 radical (unpaired) electrons. The molecule has 0 fully saturated rings. The summed E-state index contributed by atoms with van der Waals surface area (Å²) in [5.74, 6) is 0.261. The molecule has 90 valence electrons. The summed E-state index contributed by atoms with van der Waals surface area (Å²) in [5, 5.41) is 3.66. The highest BCUT2D eigenvalue weighted by Crippen LogP contribution is 2.19. The van der Waals surface area contributed by atoms with E-state index in [0.717, 1.165) is 24.8 Å². The Morgan fingerprint density at radius 1 is 1.35 bits per heavy atom. The second kappa shape index (κ2) is 5.87. The fraction of sp³-hybridized carbons (Fsp3) is 0.357. The maximum atomic E-state index is 11.9. The number of carbonyl (C=O) groups excluding carboxylic acids is 1. The summed E-state index contributed by atoms with van der Waals surface area (Å²) in [7, 11) is 0. The predicted molar refractivity (Wildman–Crippen MR) is 69.8 cm³/mol. The smallest absolute Gasteiger partial charge is 0.223 e. The summed E-state index contributed by atoms with van der Waals surface area (Å²) in [4.78, 5) is 11.9. The molecule has 0 saturated carbocycles.